The Balaban J connectivity index is 1.38. The number of carboxylic acid groups (broad SMARTS) is 1. The van der Waals surface area contributed by atoms with Crippen molar-refractivity contribution in [1.29, 1.82) is 0 Å². The van der Waals surface area contributed by atoms with Gasteiger partial charge in [0.25, 0.3) is 5.91 Å². The number of rotatable bonds is 15. The first kappa shape index (κ1) is 27.6. The number of benzene rings is 2. The van der Waals surface area contributed by atoms with Crippen molar-refractivity contribution < 1.29 is 33.6 Å². The molecule has 0 aromatic heterocycles. The zero-order chi connectivity index (χ0) is 27.1. The molecule has 206 valence electrons. The molecule has 1 amide bonds. The minimum absolute atomic E-state index is 0.0827. The highest BCUT2D eigenvalue weighted by atomic mass is 16.5. The molecule has 2 aromatic rings. The number of carbonyl (C=O) groups is 2. The van der Waals surface area contributed by atoms with Gasteiger partial charge < -0.3 is 29.8 Å². The van der Waals surface area contributed by atoms with Crippen LogP contribution in [0.3, 0.4) is 0 Å². The molecule has 2 aliphatic rings. The third-order valence-electron chi connectivity index (χ3n) is 7.18. The van der Waals surface area contributed by atoms with Crippen LogP contribution in [0.1, 0.15) is 78.9 Å². The maximum absolute atomic E-state index is 11.9. The van der Waals surface area contributed by atoms with Crippen LogP contribution in [0, 0.1) is 5.92 Å². The monoisotopic (exact) mass is 525 g/mol. The largest absolute Gasteiger partial charge is 0.495 e. The van der Waals surface area contributed by atoms with E-state index in [4.69, 9.17) is 29.8 Å². The number of ether oxygens (including phenoxy) is 4. The highest BCUT2D eigenvalue weighted by Crippen LogP contribution is 2.41. The molecule has 3 N–H and O–H groups in total. The predicted molar refractivity (Wildman–Crippen MR) is 144 cm³/mol. The lowest BCUT2D eigenvalue weighted by Crippen LogP contribution is -2.24. The SMILES string of the molecule is CCCc1c(OCCCOc2ccc(C(N)=O)c(OC)c2CC2CC2)ccc2c1OC(CCC(=O)O)CC2. The predicted octanol–water partition coefficient (Wildman–Crippen LogP) is 5.11. The Morgan fingerprint density at radius 1 is 1.05 bits per heavy atom. The lowest BCUT2D eigenvalue weighted by atomic mass is 9.95. The molecule has 8 nitrogen and oxygen atoms in total. The summed E-state index contributed by atoms with van der Waals surface area (Å²) in [6, 6.07) is 7.55. The van der Waals surface area contributed by atoms with E-state index in [1.165, 1.54) is 12.8 Å². The maximum atomic E-state index is 11.9. The second-order valence-electron chi connectivity index (χ2n) is 10.2. The third-order valence-corrected chi connectivity index (χ3v) is 7.18. The Morgan fingerprint density at radius 3 is 2.39 bits per heavy atom. The molecule has 1 fully saturated rings. The van der Waals surface area contributed by atoms with Crippen LogP contribution in [0.5, 0.6) is 23.0 Å². The molecule has 1 unspecified atom stereocenters. The molecule has 1 atom stereocenters. The standard InChI is InChI=1S/C30H39NO7/c1-3-5-22-25(13-9-20-8-10-21(38-28(20)22)11-15-27(32)33)36-16-4-17-37-26-14-12-23(30(31)34)29(35-2)24(26)18-19-6-7-19/h9,12-14,19,21H,3-8,10-11,15-18H2,1-2H3,(H2,31,34)(H,32,33). The van der Waals surface area contributed by atoms with E-state index in [1.54, 1.807) is 13.2 Å². The molecule has 1 saturated carbocycles. The van der Waals surface area contributed by atoms with Crippen LogP contribution in [0.2, 0.25) is 0 Å². The topological polar surface area (TPSA) is 117 Å². The molecule has 4 rings (SSSR count). The summed E-state index contributed by atoms with van der Waals surface area (Å²) in [5.41, 5.74) is 9.05. The summed E-state index contributed by atoms with van der Waals surface area (Å²) in [6.07, 6.45) is 7.85. The Hall–Kier alpha value is -3.42. The van der Waals surface area contributed by atoms with Crippen LogP contribution in [0.15, 0.2) is 24.3 Å². The molecule has 0 radical (unpaired) electrons. The third kappa shape index (κ3) is 6.91. The summed E-state index contributed by atoms with van der Waals surface area (Å²) >= 11 is 0. The van der Waals surface area contributed by atoms with Crippen LogP contribution < -0.4 is 24.7 Å². The number of hydrogen-bond acceptors (Lipinski definition) is 6. The van der Waals surface area contributed by atoms with Crippen molar-refractivity contribution >= 4 is 11.9 Å². The zero-order valence-electron chi connectivity index (χ0n) is 22.4. The normalized spacial score (nSPS) is 16.3. The van der Waals surface area contributed by atoms with Crippen molar-refractivity contribution in [2.24, 2.45) is 11.7 Å². The number of hydrogen-bond donors (Lipinski definition) is 2. The second kappa shape index (κ2) is 12.9. The van der Waals surface area contributed by atoms with Gasteiger partial charge in [-0.05, 0) is 74.6 Å². The lowest BCUT2D eigenvalue weighted by molar-refractivity contribution is -0.137. The first-order valence-electron chi connectivity index (χ1n) is 13.7. The molecule has 0 saturated heterocycles. The summed E-state index contributed by atoms with van der Waals surface area (Å²) in [6.45, 7) is 3.06. The maximum Gasteiger partial charge on any atom is 0.303 e. The number of carboxylic acids is 1. The van der Waals surface area contributed by atoms with Crippen molar-refractivity contribution in [2.45, 2.75) is 77.2 Å². The number of fused-ring (bicyclic) bond motifs is 1. The minimum atomic E-state index is -0.797. The number of aliphatic carboxylic acids is 1. The number of carbonyl (C=O) groups excluding carboxylic acids is 1. The Morgan fingerprint density at radius 2 is 1.76 bits per heavy atom. The van der Waals surface area contributed by atoms with Gasteiger partial charge in [-0.15, -0.1) is 0 Å². The van der Waals surface area contributed by atoms with E-state index in [0.29, 0.717) is 43.3 Å². The molecule has 1 aliphatic heterocycles. The number of nitrogens with two attached hydrogens (primary N) is 1. The summed E-state index contributed by atoms with van der Waals surface area (Å²) in [7, 11) is 1.56. The molecular weight excluding hydrogens is 486 g/mol. The van der Waals surface area contributed by atoms with Gasteiger partial charge in [0.1, 0.15) is 23.0 Å². The van der Waals surface area contributed by atoms with Crippen LogP contribution >= 0.6 is 0 Å². The molecule has 1 aliphatic carbocycles. The molecule has 0 bridgehead atoms. The average Bonchev–Trinajstić information content (AvgIpc) is 3.72. The van der Waals surface area contributed by atoms with Crippen molar-refractivity contribution in [3.05, 3.63) is 46.5 Å². The van der Waals surface area contributed by atoms with Gasteiger partial charge in [-0.3, -0.25) is 9.59 Å². The van der Waals surface area contributed by atoms with Gasteiger partial charge in [0.2, 0.25) is 0 Å². The van der Waals surface area contributed by atoms with Crippen LogP contribution in [-0.2, 0) is 24.1 Å². The fourth-order valence-corrected chi connectivity index (χ4v) is 5.05. The van der Waals surface area contributed by atoms with Crippen LogP contribution in [0.25, 0.3) is 0 Å². The van der Waals surface area contributed by atoms with Gasteiger partial charge in [-0.1, -0.05) is 19.4 Å². The quantitative estimate of drug-likeness (QED) is 0.311. The first-order valence-corrected chi connectivity index (χ1v) is 13.7. The molecule has 2 aromatic carbocycles. The fourth-order valence-electron chi connectivity index (χ4n) is 5.05. The van der Waals surface area contributed by atoms with Crippen molar-refractivity contribution in [3.63, 3.8) is 0 Å². The summed E-state index contributed by atoms with van der Waals surface area (Å²) in [5, 5.41) is 9.04. The summed E-state index contributed by atoms with van der Waals surface area (Å²) in [4.78, 5) is 22.9. The summed E-state index contributed by atoms with van der Waals surface area (Å²) in [5.74, 6) is 2.20. The van der Waals surface area contributed by atoms with Gasteiger partial charge in [-0.25, -0.2) is 0 Å². The Bertz CT molecular complexity index is 1140. The molecule has 1 heterocycles. The number of primary amides is 1. The Labute approximate surface area is 224 Å². The van der Waals surface area contributed by atoms with Gasteiger partial charge in [0.05, 0.1) is 32.0 Å². The van der Waals surface area contributed by atoms with E-state index < -0.39 is 11.9 Å². The fraction of sp³-hybridized carbons (Fsp3) is 0.533. The van der Waals surface area contributed by atoms with E-state index in [-0.39, 0.29) is 12.5 Å². The molecule has 8 heteroatoms. The molecule has 0 spiro atoms. The second-order valence-corrected chi connectivity index (χ2v) is 10.2. The van der Waals surface area contributed by atoms with Crippen molar-refractivity contribution in [1.82, 2.24) is 0 Å². The molecule has 38 heavy (non-hydrogen) atoms. The number of methoxy groups -OCH3 is 1. The van der Waals surface area contributed by atoms with Gasteiger partial charge in [0, 0.05) is 24.0 Å². The molecular formula is C30H39NO7. The van der Waals surface area contributed by atoms with E-state index in [1.807, 2.05) is 12.1 Å². The van der Waals surface area contributed by atoms with Crippen molar-refractivity contribution in [3.8, 4) is 23.0 Å². The van der Waals surface area contributed by atoms with Crippen LogP contribution in [0.4, 0.5) is 0 Å². The van der Waals surface area contributed by atoms with E-state index in [9.17, 15) is 9.59 Å². The van der Waals surface area contributed by atoms with Crippen LogP contribution in [-0.4, -0.2) is 43.4 Å². The van der Waals surface area contributed by atoms with Gasteiger partial charge in [-0.2, -0.15) is 0 Å². The Kier molecular flexibility index (Phi) is 9.37. The highest BCUT2D eigenvalue weighted by molar-refractivity contribution is 5.96. The minimum Gasteiger partial charge on any atom is -0.495 e. The van der Waals surface area contributed by atoms with E-state index in [2.05, 4.69) is 13.0 Å². The zero-order valence-corrected chi connectivity index (χ0v) is 22.4. The average molecular weight is 526 g/mol. The first-order chi connectivity index (χ1) is 18.4. The van der Waals surface area contributed by atoms with Crippen molar-refractivity contribution in [2.75, 3.05) is 20.3 Å². The van der Waals surface area contributed by atoms with Gasteiger partial charge >= 0.3 is 5.97 Å². The number of amides is 1. The lowest BCUT2D eigenvalue weighted by Gasteiger charge is -2.29. The summed E-state index contributed by atoms with van der Waals surface area (Å²) < 4.78 is 24.2. The van der Waals surface area contributed by atoms with E-state index in [0.717, 1.165) is 66.0 Å². The van der Waals surface area contributed by atoms with Gasteiger partial charge in [0.15, 0.2) is 0 Å². The van der Waals surface area contributed by atoms with E-state index >= 15 is 0 Å². The number of aryl methyl sites for hydroxylation is 1. The smallest absolute Gasteiger partial charge is 0.303 e. The highest BCUT2D eigenvalue weighted by Gasteiger charge is 2.28.